The molecule has 1 fully saturated rings. The lowest BCUT2D eigenvalue weighted by Gasteiger charge is -2.23. The van der Waals surface area contributed by atoms with E-state index in [4.69, 9.17) is 28.4 Å². The summed E-state index contributed by atoms with van der Waals surface area (Å²) in [6.07, 6.45) is 22.5. The lowest BCUT2D eigenvalue weighted by atomic mass is 9.97. The topological polar surface area (TPSA) is 141 Å². The van der Waals surface area contributed by atoms with Crippen LogP contribution in [-0.4, -0.2) is 76.1 Å². The number of hydrogen-bond donors (Lipinski definition) is 0. The fourth-order valence-corrected chi connectivity index (χ4v) is 5.49. The van der Waals surface area contributed by atoms with Crippen molar-refractivity contribution < 1.29 is 52.4 Å². The van der Waals surface area contributed by atoms with E-state index >= 15 is 0 Å². The monoisotopic (exact) mass is 931 g/mol. The number of rotatable bonds is 29. The Morgan fingerprint density at radius 3 is 1.25 bits per heavy atom. The number of carbonyl (C=O) groups excluding carboxylic acids is 5. The van der Waals surface area contributed by atoms with Crippen molar-refractivity contribution in [2.24, 2.45) is 41.4 Å². The molecule has 6 unspecified atom stereocenters. The first kappa shape index (κ1) is 68.9. The molecule has 11 nitrogen and oxygen atoms in total. The lowest BCUT2D eigenvalue weighted by molar-refractivity contribution is -0.155. The van der Waals surface area contributed by atoms with Crippen molar-refractivity contribution in [1.82, 2.24) is 0 Å². The van der Waals surface area contributed by atoms with Crippen molar-refractivity contribution >= 4 is 29.8 Å². The Bertz CT molecular complexity index is 1100. The van der Waals surface area contributed by atoms with Crippen LogP contribution in [0.3, 0.4) is 0 Å². The molecule has 0 heterocycles. The van der Waals surface area contributed by atoms with Crippen LogP contribution in [0.2, 0.25) is 0 Å². The maximum Gasteiger partial charge on any atom is 0.308 e. The maximum absolute atomic E-state index is 11.4. The summed E-state index contributed by atoms with van der Waals surface area (Å²) in [6, 6.07) is 0. The summed E-state index contributed by atoms with van der Waals surface area (Å²) in [4.78, 5) is 56.2. The highest BCUT2D eigenvalue weighted by Crippen LogP contribution is 2.22. The fourth-order valence-electron chi connectivity index (χ4n) is 5.49. The molecule has 0 aromatic carbocycles. The fraction of sp³-hybridized carbons (Fsp3) is 0.907. The van der Waals surface area contributed by atoms with Crippen molar-refractivity contribution in [1.29, 1.82) is 0 Å². The predicted molar refractivity (Wildman–Crippen MR) is 267 cm³/mol. The van der Waals surface area contributed by atoms with E-state index in [-0.39, 0.29) is 65.5 Å². The Labute approximate surface area is 401 Å². The van der Waals surface area contributed by atoms with Gasteiger partial charge in [0, 0.05) is 7.11 Å². The van der Waals surface area contributed by atoms with Crippen LogP contribution in [-0.2, 0) is 52.4 Å². The quantitative estimate of drug-likeness (QED) is 0.0402. The maximum atomic E-state index is 11.4. The Kier molecular flexibility index (Phi) is 52.2. The van der Waals surface area contributed by atoms with Crippen LogP contribution in [0.15, 0.2) is 0 Å². The molecule has 0 saturated heterocycles. The van der Waals surface area contributed by atoms with E-state index in [1.54, 1.807) is 7.11 Å². The Balaban J connectivity index is -0.000000360. The van der Waals surface area contributed by atoms with Crippen molar-refractivity contribution in [2.75, 3.05) is 40.1 Å². The summed E-state index contributed by atoms with van der Waals surface area (Å²) < 4.78 is 30.5. The second kappa shape index (κ2) is 49.2. The highest BCUT2D eigenvalue weighted by molar-refractivity contribution is 5.73. The molecule has 0 amide bonds. The third kappa shape index (κ3) is 44.9. The Morgan fingerprint density at radius 2 is 0.831 bits per heavy atom. The molecule has 388 valence electrons. The number of ether oxygens (including phenoxy) is 6. The summed E-state index contributed by atoms with van der Waals surface area (Å²) in [5, 5.41) is 0. The molecule has 0 radical (unpaired) electrons. The van der Waals surface area contributed by atoms with Gasteiger partial charge in [0.25, 0.3) is 0 Å². The van der Waals surface area contributed by atoms with Gasteiger partial charge < -0.3 is 28.4 Å². The molecule has 65 heavy (non-hydrogen) atoms. The number of carbonyl (C=O) groups is 5. The van der Waals surface area contributed by atoms with Crippen LogP contribution in [0.25, 0.3) is 0 Å². The molecule has 0 aromatic rings. The van der Waals surface area contributed by atoms with Crippen LogP contribution in [0, 0.1) is 41.4 Å². The minimum absolute atomic E-state index is 0.00519. The first-order valence-corrected chi connectivity index (χ1v) is 26.3. The molecule has 0 spiro atoms. The van der Waals surface area contributed by atoms with Crippen LogP contribution in [0.5, 0.6) is 0 Å². The second-order valence-electron chi connectivity index (χ2n) is 18.4. The van der Waals surface area contributed by atoms with Crippen molar-refractivity contribution in [2.45, 2.75) is 238 Å². The first-order chi connectivity index (χ1) is 30.9. The summed E-state index contributed by atoms with van der Waals surface area (Å²) in [5.74, 6) is 0.945. The molecule has 1 saturated carbocycles. The van der Waals surface area contributed by atoms with E-state index in [1.807, 2.05) is 83.1 Å². The van der Waals surface area contributed by atoms with Gasteiger partial charge in [0.2, 0.25) is 0 Å². The van der Waals surface area contributed by atoms with E-state index < -0.39 is 0 Å². The molecule has 1 rings (SSSR count). The van der Waals surface area contributed by atoms with Crippen LogP contribution < -0.4 is 0 Å². The molecular formula is C54H106O11. The van der Waals surface area contributed by atoms with Gasteiger partial charge in [0.15, 0.2) is 0 Å². The summed E-state index contributed by atoms with van der Waals surface area (Å²) in [5.41, 5.74) is 0. The molecule has 6 atom stereocenters. The number of hydrogen-bond acceptors (Lipinski definition) is 11. The van der Waals surface area contributed by atoms with Gasteiger partial charge in [-0.25, -0.2) is 0 Å². The van der Waals surface area contributed by atoms with Gasteiger partial charge in [-0.1, -0.05) is 162 Å². The third-order valence-corrected chi connectivity index (χ3v) is 11.7. The predicted octanol–water partition coefficient (Wildman–Crippen LogP) is 14.1. The molecule has 0 aromatic heterocycles. The van der Waals surface area contributed by atoms with Crippen molar-refractivity contribution in [3.63, 3.8) is 0 Å². The van der Waals surface area contributed by atoms with Gasteiger partial charge in [-0.2, -0.15) is 0 Å². The zero-order valence-electron chi connectivity index (χ0n) is 45.3. The Hall–Kier alpha value is -2.69. The Morgan fingerprint density at radius 1 is 0.431 bits per heavy atom. The SMILES string of the molecule is CCC(C)C(=O)OC1CCCCC1.CCC(C)C(=O)OCC(C)C.CCC(C)C(=O)OCCOC.CCCCC(CC)COC(=O)C(C)CC.CCCCCCCCOC(=O)C(C)CC. The van der Waals surface area contributed by atoms with Gasteiger partial charge in [-0.15, -0.1) is 0 Å². The van der Waals surface area contributed by atoms with Gasteiger partial charge >= 0.3 is 29.8 Å². The third-order valence-electron chi connectivity index (χ3n) is 11.7. The van der Waals surface area contributed by atoms with Crippen molar-refractivity contribution in [3.05, 3.63) is 0 Å². The van der Waals surface area contributed by atoms with Crippen LogP contribution in [0.4, 0.5) is 0 Å². The van der Waals surface area contributed by atoms with E-state index in [0.717, 1.165) is 57.8 Å². The van der Waals surface area contributed by atoms with E-state index in [9.17, 15) is 24.0 Å². The van der Waals surface area contributed by atoms with Crippen LogP contribution >= 0.6 is 0 Å². The molecule has 11 heteroatoms. The number of methoxy groups -OCH3 is 1. The molecule has 0 aliphatic heterocycles. The summed E-state index contributed by atoms with van der Waals surface area (Å²) >= 11 is 0. The van der Waals surface area contributed by atoms with Gasteiger partial charge in [0.05, 0.1) is 56.0 Å². The van der Waals surface area contributed by atoms with Gasteiger partial charge in [-0.05, 0) is 82.5 Å². The average Bonchev–Trinajstić information content (AvgIpc) is 3.32. The highest BCUT2D eigenvalue weighted by Gasteiger charge is 2.20. The van der Waals surface area contributed by atoms with Crippen molar-refractivity contribution in [3.8, 4) is 0 Å². The summed E-state index contributed by atoms with van der Waals surface area (Å²) in [6.45, 7) is 32.8. The minimum Gasteiger partial charge on any atom is -0.465 e. The van der Waals surface area contributed by atoms with E-state index in [1.165, 1.54) is 70.6 Å². The van der Waals surface area contributed by atoms with E-state index in [2.05, 4.69) is 20.8 Å². The standard InChI is InChI=1S/2C13H26O2.C11H20O2.C9H18O2.C8H16O3/c1-5-8-9-12(7-3)10-15-13(14)11(4)6-2;1-4-6-7-8-9-10-11-15-13(14)12(3)5-2;1-3-9(2)11(12)13-10-7-5-4-6-8-10;1-5-8(4)9(10)11-6-7(2)3;1-4-7(2)8(9)11-6-5-10-3/h11-12H,5-10H2,1-4H3;12H,4-11H2,1-3H3;9-10H,3-8H2,1-2H3;7-8H,5-6H2,1-4H3;7H,4-6H2,1-3H3. The summed E-state index contributed by atoms with van der Waals surface area (Å²) in [7, 11) is 1.58. The molecule has 1 aliphatic carbocycles. The average molecular weight is 931 g/mol. The van der Waals surface area contributed by atoms with Crippen LogP contribution in [0.1, 0.15) is 232 Å². The largest absolute Gasteiger partial charge is 0.465 e. The zero-order chi connectivity index (χ0) is 50.4. The molecule has 0 N–H and O–H groups in total. The minimum atomic E-state index is -0.135. The smallest absolute Gasteiger partial charge is 0.308 e. The zero-order valence-corrected chi connectivity index (χ0v) is 45.3. The number of esters is 5. The first-order valence-electron chi connectivity index (χ1n) is 26.3. The highest BCUT2D eigenvalue weighted by atomic mass is 16.6. The molecular weight excluding hydrogens is 825 g/mol. The number of unbranched alkanes of at least 4 members (excludes halogenated alkanes) is 6. The van der Waals surface area contributed by atoms with Gasteiger partial charge in [-0.3, -0.25) is 24.0 Å². The lowest BCUT2D eigenvalue weighted by Crippen LogP contribution is -2.24. The normalized spacial score (nSPS) is 14.8. The second-order valence-corrected chi connectivity index (χ2v) is 18.4. The molecule has 1 aliphatic rings. The molecule has 0 bridgehead atoms. The van der Waals surface area contributed by atoms with Gasteiger partial charge in [0.1, 0.15) is 12.7 Å². The van der Waals surface area contributed by atoms with E-state index in [0.29, 0.717) is 44.9 Å².